The molecule has 3 nitrogen and oxygen atoms in total. The van der Waals surface area contributed by atoms with Crippen LogP contribution in [0.15, 0.2) is 59.7 Å². The predicted octanol–water partition coefficient (Wildman–Crippen LogP) is 5.57. The quantitative estimate of drug-likeness (QED) is 0.618. The molecular weight excluding hydrogens is 383 g/mol. The first kappa shape index (κ1) is 18.5. The van der Waals surface area contributed by atoms with E-state index in [0.29, 0.717) is 47.2 Å². The zero-order chi connectivity index (χ0) is 18.9. The van der Waals surface area contributed by atoms with Crippen LogP contribution >= 0.6 is 23.2 Å². The molecule has 0 aromatic heterocycles. The van der Waals surface area contributed by atoms with Gasteiger partial charge in [-0.05, 0) is 35.4 Å². The maximum absolute atomic E-state index is 13.2. The van der Waals surface area contributed by atoms with Crippen LogP contribution in [0.25, 0.3) is 12.2 Å². The van der Waals surface area contributed by atoms with Crippen molar-refractivity contribution in [1.29, 1.82) is 0 Å². The summed E-state index contributed by atoms with van der Waals surface area (Å²) in [5.74, 6) is -0.826. The van der Waals surface area contributed by atoms with Gasteiger partial charge >= 0.3 is 0 Å². The molecule has 1 spiro atoms. The smallest absolute Gasteiger partial charge is 0.185 e. The minimum Gasteiger partial charge on any atom is -0.347 e. The number of benzene rings is 2. The molecule has 0 amide bonds. The molecule has 2 aliphatic rings. The Hall–Kier alpha value is -1.91. The Balaban J connectivity index is 1.77. The van der Waals surface area contributed by atoms with Gasteiger partial charge in [-0.25, -0.2) is 0 Å². The molecule has 138 valence electrons. The Morgan fingerprint density at radius 3 is 1.67 bits per heavy atom. The summed E-state index contributed by atoms with van der Waals surface area (Å²) in [4.78, 5) is 13.2. The summed E-state index contributed by atoms with van der Waals surface area (Å²) >= 11 is 12.6. The first-order chi connectivity index (χ1) is 13.1. The number of ether oxygens (including phenoxy) is 2. The Kier molecular flexibility index (Phi) is 5.20. The zero-order valence-electron chi connectivity index (χ0n) is 14.6. The topological polar surface area (TPSA) is 35.5 Å². The van der Waals surface area contributed by atoms with Crippen LogP contribution in [0.4, 0.5) is 0 Å². The number of halogens is 2. The van der Waals surface area contributed by atoms with Crippen LogP contribution in [0, 0.1) is 0 Å². The Morgan fingerprint density at radius 2 is 1.22 bits per heavy atom. The van der Waals surface area contributed by atoms with Crippen molar-refractivity contribution in [1.82, 2.24) is 0 Å². The van der Waals surface area contributed by atoms with Crippen molar-refractivity contribution in [3.63, 3.8) is 0 Å². The average molecular weight is 401 g/mol. The summed E-state index contributed by atoms with van der Waals surface area (Å²) in [6.07, 6.45) is 4.46. The third-order valence-electron chi connectivity index (χ3n) is 4.79. The van der Waals surface area contributed by atoms with Gasteiger partial charge in [0.15, 0.2) is 11.6 Å². The highest BCUT2D eigenvalue weighted by molar-refractivity contribution is 6.33. The maximum atomic E-state index is 13.2. The molecule has 1 saturated heterocycles. The summed E-state index contributed by atoms with van der Waals surface area (Å²) in [6, 6.07) is 14.9. The van der Waals surface area contributed by atoms with Crippen molar-refractivity contribution in [3.8, 4) is 0 Å². The number of Topliss-reactive ketones (excluding diaryl/α,β-unsaturated/α-hetero) is 1. The number of hydrogen-bond donors (Lipinski definition) is 0. The maximum Gasteiger partial charge on any atom is 0.185 e. The fourth-order valence-electron chi connectivity index (χ4n) is 3.50. The fourth-order valence-corrected chi connectivity index (χ4v) is 3.88. The molecule has 5 heteroatoms. The van der Waals surface area contributed by atoms with Crippen molar-refractivity contribution in [2.75, 3.05) is 13.2 Å². The molecule has 1 aliphatic heterocycles. The van der Waals surface area contributed by atoms with Crippen LogP contribution in [0.3, 0.4) is 0 Å². The summed E-state index contributed by atoms with van der Waals surface area (Å²) in [6.45, 7) is 1.04. The van der Waals surface area contributed by atoms with Crippen LogP contribution in [0.2, 0.25) is 10.0 Å². The molecule has 0 N–H and O–H groups in total. The molecule has 2 aromatic rings. The van der Waals surface area contributed by atoms with Gasteiger partial charge in [-0.1, -0.05) is 59.6 Å². The van der Waals surface area contributed by atoms with Gasteiger partial charge in [0.05, 0.1) is 13.2 Å². The normalized spacial score (nSPS) is 22.1. The molecule has 1 aliphatic carbocycles. The van der Waals surface area contributed by atoms with Crippen molar-refractivity contribution >= 4 is 41.1 Å². The Morgan fingerprint density at radius 1 is 0.778 bits per heavy atom. The van der Waals surface area contributed by atoms with E-state index in [1.54, 1.807) is 12.1 Å². The minimum atomic E-state index is -0.798. The molecule has 2 aromatic carbocycles. The van der Waals surface area contributed by atoms with Gasteiger partial charge in [-0.3, -0.25) is 4.79 Å². The van der Waals surface area contributed by atoms with Gasteiger partial charge < -0.3 is 9.47 Å². The van der Waals surface area contributed by atoms with Gasteiger partial charge in [0.2, 0.25) is 0 Å². The second kappa shape index (κ2) is 7.61. The minimum absolute atomic E-state index is 0.0282. The zero-order valence-corrected chi connectivity index (χ0v) is 16.1. The summed E-state index contributed by atoms with van der Waals surface area (Å²) in [5.41, 5.74) is 2.84. The van der Waals surface area contributed by atoms with Crippen molar-refractivity contribution in [2.24, 2.45) is 0 Å². The lowest BCUT2D eigenvalue weighted by Crippen LogP contribution is -2.38. The van der Waals surface area contributed by atoms with Crippen molar-refractivity contribution in [2.45, 2.75) is 18.6 Å². The Labute approximate surface area is 168 Å². The highest BCUT2D eigenvalue weighted by Gasteiger charge is 2.44. The SMILES string of the molecule is O=C1/C(=C/c2ccccc2Cl)CC2(C/C1=C\c1ccccc1Cl)OCCO2. The van der Waals surface area contributed by atoms with Crippen LogP contribution in [-0.2, 0) is 14.3 Å². The van der Waals surface area contributed by atoms with E-state index in [-0.39, 0.29) is 5.78 Å². The van der Waals surface area contributed by atoms with Crippen LogP contribution < -0.4 is 0 Å². The molecule has 0 atom stereocenters. The number of rotatable bonds is 2. The number of carbonyl (C=O) groups is 1. The summed E-state index contributed by atoms with van der Waals surface area (Å²) in [5, 5.41) is 1.20. The summed E-state index contributed by atoms with van der Waals surface area (Å²) in [7, 11) is 0. The van der Waals surface area contributed by atoms with E-state index in [4.69, 9.17) is 32.7 Å². The lowest BCUT2D eigenvalue weighted by atomic mass is 9.82. The van der Waals surface area contributed by atoms with Crippen LogP contribution in [0.1, 0.15) is 24.0 Å². The van der Waals surface area contributed by atoms with Gasteiger partial charge in [-0.2, -0.15) is 0 Å². The van der Waals surface area contributed by atoms with E-state index in [1.807, 2.05) is 48.6 Å². The van der Waals surface area contributed by atoms with Crippen LogP contribution in [-0.4, -0.2) is 24.8 Å². The van der Waals surface area contributed by atoms with Gasteiger partial charge in [0.1, 0.15) is 0 Å². The highest BCUT2D eigenvalue weighted by atomic mass is 35.5. The van der Waals surface area contributed by atoms with Crippen LogP contribution in [0.5, 0.6) is 0 Å². The average Bonchev–Trinajstić information content (AvgIpc) is 3.10. The van der Waals surface area contributed by atoms with E-state index >= 15 is 0 Å². The number of hydrogen-bond acceptors (Lipinski definition) is 3. The summed E-state index contributed by atoms with van der Waals surface area (Å²) < 4.78 is 11.8. The van der Waals surface area contributed by atoms with Crippen molar-refractivity contribution < 1.29 is 14.3 Å². The monoisotopic (exact) mass is 400 g/mol. The van der Waals surface area contributed by atoms with Crippen molar-refractivity contribution in [3.05, 3.63) is 80.8 Å². The van der Waals surface area contributed by atoms with Gasteiger partial charge in [-0.15, -0.1) is 0 Å². The highest BCUT2D eigenvalue weighted by Crippen LogP contribution is 2.41. The molecule has 1 saturated carbocycles. The predicted molar refractivity (Wildman–Crippen MR) is 108 cm³/mol. The molecule has 0 radical (unpaired) electrons. The number of carbonyl (C=O) groups excluding carboxylic acids is 1. The van der Waals surface area contributed by atoms with E-state index in [0.717, 1.165) is 11.1 Å². The van der Waals surface area contributed by atoms with E-state index in [2.05, 4.69) is 0 Å². The third-order valence-corrected chi connectivity index (χ3v) is 5.47. The molecule has 0 bridgehead atoms. The fraction of sp³-hybridized carbons (Fsp3) is 0.227. The molecule has 1 heterocycles. The first-order valence-corrected chi connectivity index (χ1v) is 9.55. The van der Waals surface area contributed by atoms with Gasteiger partial charge in [0, 0.05) is 34.0 Å². The van der Waals surface area contributed by atoms with E-state index in [1.165, 1.54) is 0 Å². The largest absolute Gasteiger partial charge is 0.347 e. The second-order valence-electron chi connectivity index (χ2n) is 6.67. The second-order valence-corrected chi connectivity index (χ2v) is 7.49. The molecule has 0 unspecified atom stereocenters. The third kappa shape index (κ3) is 3.87. The van der Waals surface area contributed by atoms with E-state index in [9.17, 15) is 4.79 Å². The molecular formula is C22H18Cl2O3. The molecule has 27 heavy (non-hydrogen) atoms. The lowest BCUT2D eigenvalue weighted by molar-refractivity contribution is -0.161. The number of ketones is 1. The molecule has 4 rings (SSSR count). The van der Waals surface area contributed by atoms with E-state index < -0.39 is 5.79 Å². The van der Waals surface area contributed by atoms with Gasteiger partial charge in [0.25, 0.3) is 0 Å². The lowest BCUT2D eigenvalue weighted by Gasteiger charge is -2.33. The molecule has 2 fully saturated rings. The first-order valence-electron chi connectivity index (χ1n) is 8.79. The standard InChI is InChI=1S/C22H18Cl2O3/c23-19-7-3-1-5-15(19)11-17-13-22(26-9-10-27-22)14-18(21(17)25)12-16-6-2-4-8-20(16)24/h1-8,11-12H,9-10,13-14H2/b17-11+,18-12+. The Bertz CT molecular complexity index is 871.